The molecule has 0 aliphatic heterocycles. The summed E-state index contributed by atoms with van der Waals surface area (Å²) in [6.45, 7) is 1.98. The van der Waals surface area contributed by atoms with Crippen molar-refractivity contribution in [2.75, 3.05) is 26.9 Å². The summed E-state index contributed by atoms with van der Waals surface area (Å²) < 4.78 is 10.1. The lowest BCUT2D eigenvalue weighted by atomic mass is 10.1. The molecule has 20 heavy (non-hydrogen) atoms. The Morgan fingerprint density at radius 2 is 1.30 bits per heavy atom. The maximum absolute atomic E-state index is 10.9. The molecule has 0 bridgehead atoms. The SMILES string of the molecule is COC(=O)CCCCCOCCCCCCCCCO. The standard InChI is InChI=1S/C16H32O4/c1-19-16(18)12-8-7-11-15-20-14-10-6-4-2-3-5-9-13-17/h17H,2-15H2,1H3. The van der Waals surface area contributed by atoms with Gasteiger partial charge in [0.1, 0.15) is 0 Å². The van der Waals surface area contributed by atoms with Crippen LogP contribution in [-0.2, 0) is 14.3 Å². The number of hydrogen-bond acceptors (Lipinski definition) is 4. The fourth-order valence-corrected chi connectivity index (χ4v) is 2.05. The molecule has 0 aromatic heterocycles. The predicted molar refractivity (Wildman–Crippen MR) is 80.7 cm³/mol. The Kier molecular flexibility index (Phi) is 15.9. The number of aliphatic hydroxyl groups excluding tert-OH is 1. The summed E-state index contributed by atoms with van der Waals surface area (Å²) in [7, 11) is 1.43. The lowest BCUT2D eigenvalue weighted by Crippen LogP contribution is -2.01. The highest BCUT2D eigenvalue weighted by molar-refractivity contribution is 5.68. The molecule has 0 spiro atoms. The fraction of sp³-hybridized carbons (Fsp3) is 0.938. The minimum atomic E-state index is -0.120. The molecule has 120 valence electrons. The van der Waals surface area contributed by atoms with Crippen molar-refractivity contribution in [1.29, 1.82) is 0 Å². The highest BCUT2D eigenvalue weighted by Gasteiger charge is 1.99. The monoisotopic (exact) mass is 288 g/mol. The van der Waals surface area contributed by atoms with Crippen LogP contribution in [0.2, 0.25) is 0 Å². The first-order valence-corrected chi connectivity index (χ1v) is 8.06. The van der Waals surface area contributed by atoms with Crippen molar-refractivity contribution in [2.45, 2.75) is 70.6 Å². The number of hydrogen-bond donors (Lipinski definition) is 1. The summed E-state index contributed by atoms with van der Waals surface area (Å²) in [4.78, 5) is 10.9. The van der Waals surface area contributed by atoms with Gasteiger partial charge in [-0.25, -0.2) is 0 Å². The highest BCUT2D eigenvalue weighted by Crippen LogP contribution is 2.07. The van der Waals surface area contributed by atoms with Gasteiger partial charge in [0.25, 0.3) is 0 Å². The Labute approximate surface area is 123 Å². The number of esters is 1. The number of carbonyl (C=O) groups is 1. The molecule has 0 aromatic carbocycles. The molecule has 0 atom stereocenters. The first-order valence-electron chi connectivity index (χ1n) is 8.06. The van der Waals surface area contributed by atoms with E-state index in [0.717, 1.165) is 51.7 Å². The molecular formula is C16H32O4. The van der Waals surface area contributed by atoms with Crippen molar-refractivity contribution in [2.24, 2.45) is 0 Å². The van der Waals surface area contributed by atoms with E-state index in [9.17, 15) is 4.79 Å². The Morgan fingerprint density at radius 1 is 0.800 bits per heavy atom. The van der Waals surface area contributed by atoms with Crippen molar-refractivity contribution >= 4 is 5.97 Å². The molecule has 0 aromatic rings. The lowest BCUT2D eigenvalue weighted by Gasteiger charge is -2.04. The van der Waals surface area contributed by atoms with Gasteiger partial charge in [0.05, 0.1) is 7.11 Å². The van der Waals surface area contributed by atoms with Gasteiger partial charge in [-0.1, -0.05) is 38.5 Å². The third kappa shape index (κ3) is 15.4. The van der Waals surface area contributed by atoms with Gasteiger partial charge in [-0.15, -0.1) is 0 Å². The van der Waals surface area contributed by atoms with Crippen LogP contribution in [0.15, 0.2) is 0 Å². The number of aliphatic hydroxyl groups is 1. The molecule has 0 fully saturated rings. The molecule has 4 heteroatoms. The van der Waals surface area contributed by atoms with Gasteiger partial charge in [-0.05, 0) is 25.7 Å². The number of ether oxygens (including phenoxy) is 2. The number of methoxy groups -OCH3 is 1. The van der Waals surface area contributed by atoms with Gasteiger partial charge in [-0.2, -0.15) is 0 Å². The van der Waals surface area contributed by atoms with Crippen LogP contribution in [0.1, 0.15) is 70.6 Å². The van der Waals surface area contributed by atoms with Crippen LogP contribution < -0.4 is 0 Å². The largest absolute Gasteiger partial charge is 0.469 e. The van der Waals surface area contributed by atoms with Crippen LogP contribution in [0.5, 0.6) is 0 Å². The molecule has 0 aliphatic carbocycles. The Morgan fingerprint density at radius 3 is 1.85 bits per heavy atom. The maximum atomic E-state index is 10.9. The molecule has 0 rings (SSSR count). The van der Waals surface area contributed by atoms with Gasteiger partial charge in [0.2, 0.25) is 0 Å². The van der Waals surface area contributed by atoms with Crippen LogP contribution >= 0.6 is 0 Å². The van der Waals surface area contributed by atoms with E-state index in [4.69, 9.17) is 9.84 Å². The second-order valence-corrected chi connectivity index (χ2v) is 5.20. The molecule has 0 radical (unpaired) electrons. The number of rotatable bonds is 15. The Balaban J connectivity index is 2.97. The lowest BCUT2D eigenvalue weighted by molar-refractivity contribution is -0.140. The molecule has 0 heterocycles. The van der Waals surface area contributed by atoms with Crippen molar-refractivity contribution < 1.29 is 19.4 Å². The first kappa shape index (κ1) is 19.4. The summed E-state index contributed by atoms with van der Waals surface area (Å²) >= 11 is 0. The second-order valence-electron chi connectivity index (χ2n) is 5.20. The van der Waals surface area contributed by atoms with Crippen molar-refractivity contribution in [3.05, 3.63) is 0 Å². The van der Waals surface area contributed by atoms with Crippen molar-refractivity contribution in [3.63, 3.8) is 0 Å². The van der Waals surface area contributed by atoms with E-state index in [1.54, 1.807) is 0 Å². The van der Waals surface area contributed by atoms with Crippen LogP contribution in [0.4, 0.5) is 0 Å². The molecule has 1 N–H and O–H groups in total. The molecule has 4 nitrogen and oxygen atoms in total. The van der Waals surface area contributed by atoms with E-state index >= 15 is 0 Å². The molecular weight excluding hydrogens is 256 g/mol. The molecule has 0 unspecified atom stereocenters. The van der Waals surface area contributed by atoms with Crippen LogP contribution in [0, 0.1) is 0 Å². The van der Waals surface area contributed by atoms with Gasteiger partial charge >= 0.3 is 5.97 Å². The normalized spacial score (nSPS) is 10.7. The average molecular weight is 288 g/mol. The second kappa shape index (κ2) is 16.4. The maximum Gasteiger partial charge on any atom is 0.305 e. The summed E-state index contributed by atoms with van der Waals surface area (Å²) in [6.07, 6.45) is 11.7. The van der Waals surface area contributed by atoms with Crippen molar-refractivity contribution in [3.8, 4) is 0 Å². The zero-order chi connectivity index (χ0) is 14.9. The Bertz CT molecular complexity index is 207. The summed E-state index contributed by atoms with van der Waals surface area (Å²) in [5.41, 5.74) is 0. The van der Waals surface area contributed by atoms with Gasteiger partial charge in [0.15, 0.2) is 0 Å². The van der Waals surface area contributed by atoms with E-state index in [-0.39, 0.29) is 5.97 Å². The highest BCUT2D eigenvalue weighted by atomic mass is 16.5. The quantitative estimate of drug-likeness (QED) is 0.370. The fourth-order valence-electron chi connectivity index (χ4n) is 2.05. The predicted octanol–water partition coefficient (Wildman–Crippen LogP) is 3.46. The van der Waals surface area contributed by atoms with Crippen LogP contribution in [-0.4, -0.2) is 38.0 Å². The smallest absolute Gasteiger partial charge is 0.305 e. The zero-order valence-electron chi connectivity index (χ0n) is 13.1. The number of carbonyl (C=O) groups excluding carboxylic acids is 1. The molecule has 0 saturated heterocycles. The van der Waals surface area contributed by atoms with Gasteiger partial charge in [0, 0.05) is 26.2 Å². The van der Waals surface area contributed by atoms with Crippen LogP contribution in [0.25, 0.3) is 0 Å². The molecule has 0 saturated carbocycles. The summed E-state index contributed by atoms with van der Waals surface area (Å²) in [5.74, 6) is -0.120. The summed E-state index contributed by atoms with van der Waals surface area (Å²) in [5, 5.41) is 8.64. The van der Waals surface area contributed by atoms with E-state index in [1.807, 2.05) is 0 Å². The average Bonchev–Trinajstić information content (AvgIpc) is 2.47. The zero-order valence-corrected chi connectivity index (χ0v) is 13.1. The Hall–Kier alpha value is -0.610. The third-order valence-electron chi connectivity index (χ3n) is 3.34. The first-order chi connectivity index (χ1) is 9.81. The van der Waals surface area contributed by atoms with E-state index in [0.29, 0.717) is 13.0 Å². The van der Waals surface area contributed by atoms with Crippen LogP contribution in [0.3, 0.4) is 0 Å². The van der Waals surface area contributed by atoms with E-state index in [1.165, 1.54) is 32.8 Å². The topological polar surface area (TPSA) is 55.8 Å². The van der Waals surface area contributed by atoms with Gasteiger partial charge < -0.3 is 14.6 Å². The van der Waals surface area contributed by atoms with E-state index in [2.05, 4.69) is 4.74 Å². The minimum absolute atomic E-state index is 0.120. The third-order valence-corrected chi connectivity index (χ3v) is 3.34. The number of unbranched alkanes of at least 4 members (excludes halogenated alkanes) is 8. The van der Waals surface area contributed by atoms with E-state index < -0.39 is 0 Å². The minimum Gasteiger partial charge on any atom is -0.469 e. The van der Waals surface area contributed by atoms with Crippen molar-refractivity contribution in [1.82, 2.24) is 0 Å². The summed E-state index contributed by atoms with van der Waals surface area (Å²) in [6, 6.07) is 0. The van der Waals surface area contributed by atoms with Gasteiger partial charge in [-0.3, -0.25) is 4.79 Å². The molecule has 0 aliphatic rings. The molecule has 0 amide bonds.